The zero-order valence-corrected chi connectivity index (χ0v) is 13.0. The van der Waals surface area contributed by atoms with Crippen LogP contribution in [0.25, 0.3) is 0 Å². The Hall–Kier alpha value is -2.34. The number of nitrogens with zero attached hydrogens (tertiary/aromatic N) is 1. The van der Waals surface area contributed by atoms with Gasteiger partial charge in [-0.1, -0.05) is 24.3 Å². The molecule has 0 spiro atoms. The third kappa shape index (κ3) is 2.21. The van der Waals surface area contributed by atoms with Crippen molar-refractivity contribution in [3.8, 4) is 0 Å². The van der Waals surface area contributed by atoms with E-state index in [0.29, 0.717) is 24.2 Å². The fraction of sp³-hybridized carbons (Fsp3) is 0.235. The molecular weight excluding hydrogens is 314 g/mol. The van der Waals surface area contributed by atoms with Gasteiger partial charge in [0.05, 0.1) is 5.56 Å². The third-order valence-electron chi connectivity index (χ3n) is 4.11. The topological polar surface area (TPSA) is 67.6 Å². The average molecular weight is 327 g/mol. The second kappa shape index (κ2) is 5.38. The zero-order valence-electron chi connectivity index (χ0n) is 12.2. The van der Waals surface area contributed by atoms with Crippen LogP contribution < -0.4 is 0 Å². The van der Waals surface area contributed by atoms with Gasteiger partial charge in [0.1, 0.15) is 0 Å². The molecule has 0 saturated carbocycles. The summed E-state index contributed by atoms with van der Waals surface area (Å²) in [6.45, 7) is 1.30. The fourth-order valence-electron chi connectivity index (χ4n) is 2.90. The molecule has 6 heteroatoms. The molecule has 0 radical (unpaired) electrons. The van der Waals surface area contributed by atoms with Crippen LogP contribution in [0, 0.1) is 0 Å². The Kier molecular flexibility index (Phi) is 3.34. The van der Waals surface area contributed by atoms with Crippen LogP contribution in [0.3, 0.4) is 0 Å². The molecule has 2 heterocycles. The summed E-state index contributed by atoms with van der Waals surface area (Å²) in [6, 6.07) is 8.05. The summed E-state index contributed by atoms with van der Waals surface area (Å²) in [4.78, 5) is 39.2. The molecule has 0 unspecified atom stereocenters. The van der Waals surface area contributed by atoms with Crippen LogP contribution in [0.1, 0.15) is 42.6 Å². The molecular formula is C17H13NO4S. The number of carbonyl (C=O) groups is 3. The van der Waals surface area contributed by atoms with E-state index in [1.165, 1.54) is 6.07 Å². The molecule has 2 aromatic rings. The number of furan rings is 1. The molecule has 23 heavy (non-hydrogen) atoms. The van der Waals surface area contributed by atoms with Crippen molar-refractivity contribution >= 4 is 29.2 Å². The highest BCUT2D eigenvalue weighted by Gasteiger charge is 2.35. The molecule has 1 amide bonds. The zero-order chi connectivity index (χ0) is 16.0. The quantitative estimate of drug-likeness (QED) is 0.686. The number of ketones is 2. The van der Waals surface area contributed by atoms with Crippen molar-refractivity contribution in [2.75, 3.05) is 24.6 Å². The second-order valence-corrected chi connectivity index (χ2v) is 6.69. The molecule has 1 aromatic carbocycles. The van der Waals surface area contributed by atoms with Crippen LogP contribution in [-0.2, 0) is 0 Å². The van der Waals surface area contributed by atoms with E-state index >= 15 is 0 Å². The van der Waals surface area contributed by atoms with E-state index in [1.54, 1.807) is 40.9 Å². The first-order valence-corrected chi connectivity index (χ1v) is 8.51. The van der Waals surface area contributed by atoms with Crippen LogP contribution >= 0.6 is 11.8 Å². The molecule has 116 valence electrons. The van der Waals surface area contributed by atoms with Crippen molar-refractivity contribution in [3.05, 3.63) is 58.5 Å². The first kappa shape index (κ1) is 14.3. The van der Waals surface area contributed by atoms with Gasteiger partial charge < -0.3 is 9.32 Å². The Morgan fingerprint density at radius 3 is 2.35 bits per heavy atom. The van der Waals surface area contributed by atoms with Crippen molar-refractivity contribution in [2.45, 2.75) is 0 Å². The molecule has 0 bridgehead atoms. The number of amides is 1. The van der Waals surface area contributed by atoms with Crippen LogP contribution in [0.4, 0.5) is 0 Å². The van der Waals surface area contributed by atoms with Gasteiger partial charge in [-0.15, -0.1) is 0 Å². The maximum Gasteiger partial charge on any atom is 0.289 e. The van der Waals surface area contributed by atoms with Crippen LogP contribution in [0.2, 0.25) is 0 Å². The smallest absolute Gasteiger partial charge is 0.289 e. The lowest BCUT2D eigenvalue weighted by Gasteiger charge is -2.25. The van der Waals surface area contributed by atoms with Crippen molar-refractivity contribution in [3.63, 3.8) is 0 Å². The predicted molar refractivity (Wildman–Crippen MR) is 85.2 cm³/mol. The van der Waals surface area contributed by atoms with E-state index in [-0.39, 0.29) is 34.6 Å². The van der Waals surface area contributed by atoms with Crippen LogP contribution in [0.5, 0.6) is 0 Å². The van der Waals surface area contributed by atoms with E-state index in [9.17, 15) is 14.4 Å². The minimum absolute atomic E-state index is 0.0246. The molecule has 1 saturated heterocycles. The Morgan fingerprint density at radius 2 is 1.65 bits per heavy atom. The summed E-state index contributed by atoms with van der Waals surface area (Å²) in [5, 5.41) is 0. The number of fused-ring (bicyclic) bond motifs is 2. The van der Waals surface area contributed by atoms with Gasteiger partial charge in [-0.2, -0.15) is 11.8 Å². The summed E-state index contributed by atoms with van der Waals surface area (Å²) in [7, 11) is 0. The molecule has 1 aliphatic heterocycles. The SMILES string of the molecule is O=C1c2ccccc2C(=O)c2oc(C(=O)N3CCSCC3)cc21. The van der Waals surface area contributed by atoms with E-state index in [4.69, 9.17) is 4.42 Å². The molecule has 2 aliphatic rings. The molecule has 1 fully saturated rings. The summed E-state index contributed by atoms with van der Waals surface area (Å²) in [5.74, 6) is 0.935. The van der Waals surface area contributed by atoms with Gasteiger partial charge >= 0.3 is 0 Å². The normalized spacial score (nSPS) is 17.0. The molecule has 5 nitrogen and oxygen atoms in total. The average Bonchev–Trinajstić information content (AvgIpc) is 3.05. The fourth-order valence-corrected chi connectivity index (χ4v) is 3.81. The standard InChI is InChI=1S/C17H13NO4S/c19-14-10-3-1-2-4-11(10)15(20)16-12(14)9-13(22-16)17(21)18-5-7-23-8-6-18/h1-4,9H,5-8H2. The predicted octanol–water partition coefficient (Wildman–Crippen LogP) is 2.24. The lowest BCUT2D eigenvalue weighted by atomic mass is 9.88. The molecule has 0 N–H and O–H groups in total. The molecule has 4 rings (SSSR count). The third-order valence-corrected chi connectivity index (χ3v) is 5.05. The second-order valence-electron chi connectivity index (χ2n) is 5.46. The first-order valence-electron chi connectivity index (χ1n) is 7.36. The van der Waals surface area contributed by atoms with Gasteiger partial charge in [0, 0.05) is 41.8 Å². The van der Waals surface area contributed by atoms with Crippen molar-refractivity contribution in [2.24, 2.45) is 0 Å². The van der Waals surface area contributed by atoms with Crippen molar-refractivity contribution in [1.29, 1.82) is 0 Å². The number of rotatable bonds is 1. The summed E-state index contributed by atoms with van der Waals surface area (Å²) in [6.07, 6.45) is 0. The summed E-state index contributed by atoms with van der Waals surface area (Å²) >= 11 is 1.80. The molecule has 1 aliphatic carbocycles. The lowest BCUT2D eigenvalue weighted by molar-refractivity contribution is 0.0737. The van der Waals surface area contributed by atoms with Crippen LogP contribution in [-0.4, -0.2) is 47.0 Å². The van der Waals surface area contributed by atoms with Gasteiger partial charge in [-0.25, -0.2) is 0 Å². The lowest BCUT2D eigenvalue weighted by Crippen LogP contribution is -2.37. The monoisotopic (exact) mass is 327 g/mol. The number of hydrogen-bond acceptors (Lipinski definition) is 5. The maximum absolute atomic E-state index is 12.5. The summed E-state index contributed by atoms with van der Waals surface area (Å²) in [5.41, 5.74) is 0.871. The van der Waals surface area contributed by atoms with E-state index in [0.717, 1.165) is 11.5 Å². The Labute approximate surface area is 136 Å². The number of benzene rings is 1. The highest BCUT2D eigenvalue weighted by atomic mass is 32.2. The van der Waals surface area contributed by atoms with E-state index in [2.05, 4.69) is 0 Å². The van der Waals surface area contributed by atoms with Crippen molar-refractivity contribution in [1.82, 2.24) is 4.90 Å². The van der Waals surface area contributed by atoms with Gasteiger partial charge in [-0.3, -0.25) is 14.4 Å². The highest BCUT2D eigenvalue weighted by Crippen LogP contribution is 2.30. The Morgan fingerprint density at radius 1 is 1.00 bits per heavy atom. The largest absolute Gasteiger partial charge is 0.447 e. The van der Waals surface area contributed by atoms with Gasteiger partial charge in [0.15, 0.2) is 17.3 Å². The van der Waals surface area contributed by atoms with E-state index in [1.807, 2.05) is 0 Å². The van der Waals surface area contributed by atoms with Gasteiger partial charge in [0.2, 0.25) is 5.78 Å². The van der Waals surface area contributed by atoms with Gasteiger partial charge in [0.25, 0.3) is 5.91 Å². The summed E-state index contributed by atoms with van der Waals surface area (Å²) < 4.78 is 5.49. The number of carbonyl (C=O) groups excluding carboxylic acids is 3. The van der Waals surface area contributed by atoms with Crippen molar-refractivity contribution < 1.29 is 18.8 Å². The van der Waals surface area contributed by atoms with E-state index < -0.39 is 0 Å². The number of hydrogen-bond donors (Lipinski definition) is 0. The Balaban J connectivity index is 1.73. The first-order chi connectivity index (χ1) is 11.2. The van der Waals surface area contributed by atoms with Gasteiger partial charge in [-0.05, 0) is 0 Å². The maximum atomic E-state index is 12.5. The highest BCUT2D eigenvalue weighted by molar-refractivity contribution is 7.99. The Bertz CT molecular complexity index is 780. The number of thioether (sulfide) groups is 1. The minimum Gasteiger partial charge on any atom is -0.447 e. The molecule has 0 atom stereocenters. The van der Waals surface area contributed by atoms with Crippen LogP contribution in [0.15, 0.2) is 34.7 Å². The molecule has 1 aromatic heterocycles. The minimum atomic E-state index is -0.344.